The molecule has 9 heteroatoms. The monoisotopic (exact) mass is 522 g/mol. The maximum Gasteiger partial charge on any atom is 0.188 e. The number of methoxy groups -OCH3 is 1. The van der Waals surface area contributed by atoms with Gasteiger partial charge in [-0.25, -0.2) is 14.1 Å². The Labute approximate surface area is 222 Å². The minimum absolute atomic E-state index is 0.133. The van der Waals surface area contributed by atoms with Crippen molar-refractivity contribution in [1.29, 1.82) is 0 Å². The second kappa shape index (κ2) is 11.6. The van der Waals surface area contributed by atoms with Crippen LogP contribution in [0.15, 0.2) is 40.5 Å². The number of aliphatic imine (C=N–C) groups is 1. The Balaban J connectivity index is 0.00000137. The van der Waals surface area contributed by atoms with Gasteiger partial charge in [-0.05, 0) is 55.9 Å². The van der Waals surface area contributed by atoms with Gasteiger partial charge in [0.05, 0.1) is 24.2 Å². The van der Waals surface area contributed by atoms with Crippen molar-refractivity contribution < 1.29 is 9.13 Å². The molecule has 0 fully saturated rings. The molecule has 0 saturated carbocycles. The first-order valence-electron chi connectivity index (χ1n) is 13.3. The van der Waals surface area contributed by atoms with Gasteiger partial charge in [-0.3, -0.25) is 4.98 Å². The molecular formula is C28H35FN6OS. The number of benzene rings is 1. The van der Waals surface area contributed by atoms with Gasteiger partial charge in [-0.1, -0.05) is 13.8 Å². The van der Waals surface area contributed by atoms with Gasteiger partial charge in [-0.15, -0.1) is 11.8 Å². The van der Waals surface area contributed by atoms with E-state index in [4.69, 9.17) is 14.8 Å². The summed E-state index contributed by atoms with van der Waals surface area (Å²) in [7, 11) is 1.67. The number of nitrogens with zero attached hydrogens (tertiary/aromatic N) is 4. The Bertz CT molecular complexity index is 1290. The van der Waals surface area contributed by atoms with Crippen LogP contribution in [0.4, 0.5) is 15.8 Å². The van der Waals surface area contributed by atoms with Gasteiger partial charge in [0.15, 0.2) is 5.90 Å². The molecule has 1 aromatic carbocycles. The van der Waals surface area contributed by atoms with Crippen LogP contribution in [0, 0.1) is 5.82 Å². The quantitative estimate of drug-likeness (QED) is 0.464. The van der Waals surface area contributed by atoms with E-state index in [9.17, 15) is 4.39 Å². The first-order chi connectivity index (χ1) is 18.2. The minimum Gasteiger partial charge on any atom is -0.484 e. The van der Waals surface area contributed by atoms with Crippen molar-refractivity contribution in [3.05, 3.63) is 58.9 Å². The van der Waals surface area contributed by atoms with E-state index in [2.05, 4.69) is 21.8 Å². The predicted molar refractivity (Wildman–Crippen MR) is 148 cm³/mol. The van der Waals surface area contributed by atoms with Crippen molar-refractivity contribution in [1.82, 2.24) is 20.1 Å². The van der Waals surface area contributed by atoms with Crippen LogP contribution in [0.25, 0.3) is 5.69 Å². The average molecular weight is 523 g/mol. The molecule has 2 aliphatic heterocycles. The molecule has 4 heterocycles. The SMILES string of the molecule is CC.COC1=Nc2c(-n3cc4c(n3)CCC(NCc3cc5c(cc3F)SCCN5)C4)ccnc2CCC1. The average Bonchev–Trinajstić information content (AvgIpc) is 3.24. The van der Waals surface area contributed by atoms with E-state index < -0.39 is 0 Å². The lowest BCUT2D eigenvalue weighted by Crippen LogP contribution is -2.34. The number of halogens is 1. The first-order valence-corrected chi connectivity index (χ1v) is 14.3. The third-order valence-electron chi connectivity index (χ3n) is 6.98. The zero-order valence-electron chi connectivity index (χ0n) is 21.8. The van der Waals surface area contributed by atoms with Crippen molar-refractivity contribution >= 4 is 29.0 Å². The summed E-state index contributed by atoms with van der Waals surface area (Å²) < 4.78 is 22.1. The summed E-state index contributed by atoms with van der Waals surface area (Å²) in [5.41, 5.74) is 6.89. The lowest BCUT2D eigenvalue weighted by molar-refractivity contribution is 0.389. The molecule has 1 aliphatic carbocycles. The molecule has 2 N–H and O–H groups in total. The molecule has 6 rings (SSSR count). The van der Waals surface area contributed by atoms with Crippen molar-refractivity contribution in [2.45, 2.75) is 69.9 Å². The number of hydrogen-bond donors (Lipinski definition) is 2. The van der Waals surface area contributed by atoms with Crippen LogP contribution < -0.4 is 10.6 Å². The number of nitrogens with one attached hydrogen (secondary N) is 2. The van der Waals surface area contributed by atoms with Crippen LogP contribution >= 0.6 is 11.8 Å². The summed E-state index contributed by atoms with van der Waals surface area (Å²) in [6, 6.07) is 5.88. The molecule has 0 radical (unpaired) electrons. The number of rotatable bonds is 4. The van der Waals surface area contributed by atoms with E-state index in [1.54, 1.807) is 24.9 Å². The van der Waals surface area contributed by atoms with Gasteiger partial charge in [0, 0.05) is 59.8 Å². The second-order valence-electron chi connectivity index (χ2n) is 9.27. The lowest BCUT2D eigenvalue weighted by Gasteiger charge is -2.23. The summed E-state index contributed by atoms with van der Waals surface area (Å²) in [4.78, 5) is 10.3. The molecule has 0 amide bonds. The molecule has 7 nitrogen and oxygen atoms in total. The van der Waals surface area contributed by atoms with Gasteiger partial charge in [0.1, 0.15) is 11.5 Å². The molecule has 3 aliphatic rings. The molecule has 0 spiro atoms. The summed E-state index contributed by atoms with van der Waals surface area (Å²) in [6.45, 7) is 5.44. The molecule has 196 valence electrons. The third kappa shape index (κ3) is 5.52. The van der Waals surface area contributed by atoms with Gasteiger partial charge in [0.2, 0.25) is 0 Å². The highest BCUT2D eigenvalue weighted by Gasteiger charge is 2.24. The lowest BCUT2D eigenvalue weighted by atomic mass is 9.93. The summed E-state index contributed by atoms with van der Waals surface area (Å²) >= 11 is 1.71. The van der Waals surface area contributed by atoms with E-state index in [-0.39, 0.29) is 11.9 Å². The highest BCUT2D eigenvalue weighted by Crippen LogP contribution is 2.34. The topological polar surface area (TPSA) is 76.4 Å². The highest BCUT2D eigenvalue weighted by molar-refractivity contribution is 7.99. The van der Waals surface area contributed by atoms with Gasteiger partial charge in [-0.2, -0.15) is 5.10 Å². The number of thioether (sulfide) groups is 1. The Kier molecular flexibility index (Phi) is 8.10. The Morgan fingerprint density at radius 3 is 2.97 bits per heavy atom. The molecule has 37 heavy (non-hydrogen) atoms. The fourth-order valence-corrected chi connectivity index (χ4v) is 6.00. The van der Waals surface area contributed by atoms with Crippen molar-refractivity contribution in [3.8, 4) is 5.69 Å². The summed E-state index contributed by atoms with van der Waals surface area (Å²) in [6.07, 6.45) is 9.36. The first kappa shape index (κ1) is 25.7. The maximum atomic E-state index is 14.7. The van der Waals surface area contributed by atoms with Crippen LogP contribution in [-0.2, 0) is 30.5 Å². The summed E-state index contributed by atoms with van der Waals surface area (Å²) in [5, 5.41) is 11.9. The number of hydrogen-bond acceptors (Lipinski definition) is 7. The van der Waals surface area contributed by atoms with Crippen LogP contribution in [0.1, 0.15) is 55.6 Å². The second-order valence-corrected chi connectivity index (χ2v) is 10.4. The van der Waals surface area contributed by atoms with Crippen LogP contribution in [0.5, 0.6) is 0 Å². The molecule has 0 saturated heterocycles. The smallest absolute Gasteiger partial charge is 0.188 e. The van der Waals surface area contributed by atoms with Crippen molar-refractivity contribution in [3.63, 3.8) is 0 Å². The number of pyridine rings is 1. The van der Waals surface area contributed by atoms with Crippen LogP contribution in [0.2, 0.25) is 0 Å². The van der Waals surface area contributed by atoms with E-state index >= 15 is 0 Å². The molecule has 2 aromatic heterocycles. The van der Waals surface area contributed by atoms with Gasteiger partial charge in [0.25, 0.3) is 0 Å². The Hall–Kier alpha value is -2.91. The highest BCUT2D eigenvalue weighted by atomic mass is 32.2. The molecule has 1 atom stereocenters. The van der Waals surface area contributed by atoms with Crippen molar-refractivity contribution in [2.24, 2.45) is 4.99 Å². The van der Waals surface area contributed by atoms with Crippen molar-refractivity contribution in [2.75, 3.05) is 24.7 Å². The van der Waals surface area contributed by atoms with Crippen LogP contribution in [0.3, 0.4) is 0 Å². The third-order valence-corrected chi connectivity index (χ3v) is 8.04. The number of ether oxygens (including phenoxy) is 1. The largest absolute Gasteiger partial charge is 0.484 e. The molecule has 3 aromatic rings. The number of anilines is 1. The zero-order valence-corrected chi connectivity index (χ0v) is 22.6. The Morgan fingerprint density at radius 1 is 1.22 bits per heavy atom. The number of aromatic nitrogens is 3. The molecule has 1 unspecified atom stereocenters. The van der Waals surface area contributed by atoms with E-state index in [0.717, 1.165) is 90.1 Å². The fraction of sp³-hybridized carbons (Fsp3) is 0.464. The minimum atomic E-state index is -0.133. The maximum absolute atomic E-state index is 14.7. The zero-order chi connectivity index (χ0) is 25.8. The number of aryl methyl sites for hydroxylation is 2. The van der Waals surface area contributed by atoms with Crippen LogP contribution in [-0.4, -0.2) is 46.1 Å². The Morgan fingerprint density at radius 2 is 2.11 bits per heavy atom. The van der Waals surface area contributed by atoms with Gasteiger partial charge >= 0.3 is 0 Å². The number of fused-ring (bicyclic) bond motifs is 3. The van der Waals surface area contributed by atoms with E-state index in [1.807, 2.05) is 36.9 Å². The van der Waals surface area contributed by atoms with E-state index in [1.165, 1.54) is 5.56 Å². The van der Waals surface area contributed by atoms with E-state index in [0.29, 0.717) is 12.1 Å². The standard InChI is InChI=1S/C26H29FN6OS.C2H6/c1-34-25-4-2-3-21-26(31-25)23(7-8-28-21)33-15-17-11-18(5-6-20(17)32-33)30-14-16-12-22-24(13-19(16)27)35-10-9-29-22;1-2/h7-8,12-13,15,18,29-30H,2-6,9-11,14H2,1H3;1-2H3. The molecule has 0 bridgehead atoms. The summed E-state index contributed by atoms with van der Waals surface area (Å²) in [5.74, 6) is 1.58. The molecular weight excluding hydrogens is 487 g/mol. The predicted octanol–water partition coefficient (Wildman–Crippen LogP) is 5.61. The normalized spacial score (nSPS) is 18.2. The van der Waals surface area contributed by atoms with Gasteiger partial charge < -0.3 is 15.4 Å². The fourth-order valence-electron chi connectivity index (χ4n) is 5.11.